The first-order chi connectivity index (χ1) is 7.77. The summed E-state index contributed by atoms with van der Waals surface area (Å²) in [6.45, 7) is 2.39. The van der Waals surface area contributed by atoms with Crippen LogP contribution in [0.25, 0.3) is 0 Å². The van der Waals surface area contributed by atoms with E-state index in [4.69, 9.17) is 10.00 Å². The molecule has 0 bridgehead atoms. The number of hydrogen-bond donors (Lipinski definition) is 0. The molecule has 0 atom stereocenters. The molecule has 0 heterocycles. The summed E-state index contributed by atoms with van der Waals surface area (Å²) in [5.74, 6) is 0.0780. The smallest absolute Gasteiger partial charge is 0.338 e. The topological polar surface area (TPSA) is 50.1 Å². The average Bonchev–Trinajstić information content (AvgIpc) is 2.33. The van der Waals surface area contributed by atoms with E-state index in [0.717, 1.165) is 11.3 Å². The van der Waals surface area contributed by atoms with Crippen molar-refractivity contribution in [2.24, 2.45) is 0 Å². The molecule has 3 nitrogen and oxygen atoms in total. The summed E-state index contributed by atoms with van der Waals surface area (Å²) in [6.07, 6.45) is 0.814. The fourth-order valence-corrected chi connectivity index (χ4v) is 1.72. The number of esters is 1. The third-order valence-corrected chi connectivity index (χ3v) is 2.67. The maximum absolute atomic E-state index is 11.5. The summed E-state index contributed by atoms with van der Waals surface area (Å²) in [5, 5.41) is 8.46. The lowest BCUT2D eigenvalue weighted by Crippen LogP contribution is -2.05. The monoisotopic (exact) mass is 235 g/mol. The summed E-state index contributed by atoms with van der Waals surface area (Å²) >= 11 is 1.41. The summed E-state index contributed by atoms with van der Waals surface area (Å²) in [5.41, 5.74) is 0.538. The Morgan fingerprint density at radius 3 is 3.06 bits per heavy atom. The summed E-state index contributed by atoms with van der Waals surface area (Å²) < 4.78 is 5.02. The molecule has 0 aliphatic heterocycles. The van der Waals surface area contributed by atoms with E-state index in [2.05, 4.69) is 0 Å². The lowest BCUT2D eigenvalue weighted by molar-refractivity contribution is 0.0505. The Morgan fingerprint density at radius 2 is 2.38 bits per heavy atom. The van der Waals surface area contributed by atoms with Gasteiger partial charge in [-0.25, -0.2) is 4.79 Å². The van der Waals surface area contributed by atoms with Crippen LogP contribution in [0.1, 0.15) is 23.7 Å². The van der Waals surface area contributed by atoms with Gasteiger partial charge in [0.05, 0.1) is 24.0 Å². The van der Waals surface area contributed by atoms with Crippen LogP contribution in [-0.2, 0) is 4.74 Å². The minimum atomic E-state index is -0.304. The SMILES string of the molecule is CCCOC(=O)c1cccc(SCC#N)c1. The predicted molar refractivity (Wildman–Crippen MR) is 63.4 cm³/mol. The number of thioether (sulfide) groups is 1. The quantitative estimate of drug-likeness (QED) is 0.581. The van der Waals surface area contributed by atoms with Gasteiger partial charge in [0.15, 0.2) is 0 Å². The number of benzene rings is 1. The van der Waals surface area contributed by atoms with E-state index in [1.54, 1.807) is 18.2 Å². The molecule has 1 aromatic rings. The number of hydrogen-bond acceptors (Lipinski definition) is 4. The van der Waals surface area contributed by atoms with Crippen LogP contribution >= 0.6 is 11.8 Å². The van der Waals surface area contributed by atoms with Gasteiger partial charge in [-0.1, -0.05) is 13.0 Å². The summed E-state index contributed by atoms with van der Waals surface area (Å²) in [7, 11) is 0. The van der Waals surface area contributed by atoms with Gasteiger partial charge in [0.25, 0.3) is 0 Å². The summed E-state index contributed by atoms with van der Waals surface area (Å²) in [6, 6.07) is 9.18. The second-order valence-corrected chi connectivity index (χ2v) is 4.16. The highest BCUT2D eigenvalue weighted by Gasteiger charge is 2.06. The number of ether oxygens (including phenoxy) is 1. The van der Waals surface area contributed by atoms with Crippen LogP contribution in [0, 0.1) is 11.3 Å². The molecule has 84 valence electrons. The lowest BCUT2D eigenvalue weighted by Gasteiger charge is -2.04. The first-order valence-corrected chi connectivity index (χ1v) is 6.03. The molecular weight excluding hydrogens is 222 g/mol. The van der Waals surface area contributed by atoms with Crippen molar-refractivity contribution in [1.29, 1.82) is 5.26 Å². The molecule has 0 unspecified atom stereocenters. The van der Waals surface area contributed by atoms with Gasteiger partial charge in [-0.2, -0.15) is 5.26 Å². The first-order valence-electron chi connectivity index (χ1n) is 5.05. The van der Waals surface area contributed by atoms with Crippen LogP contribution in [0.4, 0.5) is 0 Å². The van der Waals surface area contributed by atoms with Crippen molar-refractivity contribution in [2.75, 3.05) is 12.4 Å². The van der Waals surface area contributed by atoms with Crippen molar-refractivity contribution in [3.05, 3.63) is 29.8 Å². The Labute approximate surface area is 99.4 Å². The van der Waals surface area contributed by atoms with Gasteiger partial charge >= 0.3 is 5.97 Å². The van der Waals surface area contributed by atoms with E-state index in [1.807, 2.05) is 19.1 Å². The third kappa shape index (κ3) is 3.95. The summed E-state index contributed by atoms with van der Waals surface area (Å²) in [4.78, 5) is 12.4. The number of carbonyl (C=O) groups excluding carboxylic acids is 1. The first kappa shape index (κ1) is 12.6. The van der Waals surface area contributed by atoms with Crippen molar-refractivity contribution in [1.82, 2.24) is 0 Å². The van der Waals surface area contributed by atoms with Crippen molar-refractivity contribution in [3.8, 4) is 6.07 Å². The number of carbonyl (C=O) groups is 1. The largest absolute Gasteiger partial charge is 0.462 e. The molecule has 0 aliphatic carbocycles. The van der Waals surface area contributed by atoms with Crippen molar-refractivity contribution < 1.29 is 9.53 Å². The third-order valence-electron chi connectivity index (χ3n) is 1.81. The Morgan fingerprint density at radius 1 is 1.56 bits per heavy atom. The molecule has 4 heteroatoms. The molecule has 0 N–H and O–H groups in total. The van der Waals surface area contributed by atoms with Crippen molar-refractivity contribution in [2.45, 2.75) is 18.2 Å². The molecule has 0 radical (unpaired) electrons. The molecule has 0 saturated heterocycles. The zero-order chi connectivity index (χ0) is 11.8. The van der Waals surface area contributed by atoms with Gasteiger partial charge in [-0.15, -0.1) is 11.8 Å². The van der Waals surface area contributed by atoms with Crippen LogP contribution in [0.15, 0.2) is 29.2 Å². The second-order valence-electron chi connectivity index (χ2n) is 3.11. The maximum atomic E-state index is 11.5. The van der Waals surface area contributed by atoms with Crippen molar-refractivity contribution in [3.63, 3.8) is 0 Å². The highest BCUT2D eigenvalue weighted by atomic mass is 32.2. The number of rotatable bonds is 5. The molecule has 0 spiro atoms. The highest BCUT2D eigenvalue weighted by Crippen LogP contribution is 2.18. The van der Waals surface area contributed by atoms with Gasteiger partial charge < -0.3 is 4.74 Å². The van der Waals surface area contributed by atoms with Gasteiger partial charge in [0.1, 0.15) is 0 Å². The van der Waals surface area contributed by atoms with E-state index in [9.17, 15) is 4.79 Å². The van der Waals surface area contributed by atoms with Crippen LogP contribution < -0.4 is 0 Å². The van der Waals surface area contributed by atoms with Crippen LogP contribution in [0.3, 0.4) is 0 Å². The molecule has 0 saturated carbocycles. The lowest BCUT2D eigenvalue weighted by atomic mass is 10.2. The second kappa shape index (κ2) is 6.91. The highest BCUT2D eigenvalue weighted by molar-refractivity contribution is 7.99. The van der Waals surface area contributed by atoms with E-state index >= 15 is 0 Å². The normalized spacial score (nSPS) is 9.50. The van der Waals surface area contributed by atoms with E-state index in [-0.39, 0.29) is 5.97 Å². The molecule has 0 amide bonds. The Bertz CT molecular complexity index is 398. The zero-order valence-electron chi connectivity index (χ0n) is 9.10. The average molecular weight is 235 g/mol. The molecule has 1 rings (SSSR count). The van der Waals surface area contributed by atoms with E-state index in [1.165, 1.54) is 11.8 Å². The zero-order valence-corrected chi connectivity index (χ0v) is 9.92. The molecule has 16 heavy (non-hydrogen) atoms. The molecular formula is C12H13NO2S. The Kier molecular flexibility index (Phi) is 5.44. The maximum Gasteiger partial charge on any atom is 0.338 e. The number of nitriles is 1. The Hall–Kier alpha value is -1.47. The molecule has 0 aliphatic rings. The molecule has 1 aromatic carbocycles. The number of nitrogens with zero attached hydrogens (tertiary/aromatic N) is 1. The minimum Gasteiger partial charge on any atom is -0.462 e. The fraction of sp³-hybridized carbons (Fsp3) is 0.333. The van der Waals surface area contributed by atoms with E-state index in [0.29, 0.717) is 17.9 Å². The van der Waals surface area contributed by atoms with E-state index < -0.39 is 0 Å². The van der Waals surface area contributed by atoms with Gasteiger partial charge in [0.2, 0.25) is 0 Å². The minimum absolute atomic E-state index is 0.304. The fourth-order valence-electron chi connectivity index (χ4n) is 1.11. The molecule has 0 fully saturated rings. The van der Waals surface area contributed by atoms with Crippen molar-refractivity contribution >= 4 is 17.7 Å². The predicted octanol–water partition coefficient (Wildman–Crippen LogP) is 2.87. The van der Waals surface area contributed by atoms with Crippen LogP contribution in [0.5, 0.6) is 0 Å². The molecule has 0 aromatic heterocycles. The Balaban J connectivity index is 2.66. The standard InChI is InChI=1S/C12H13NO2S/c1-2-7-15-12(14)10-4-3-5-11(9-10)16-8-6-13/h3-5,9H,2,7-8H2,1H3. The van der Waals surface area contributed by atoms with Crippen LogP contribution in [-0.4, -0.2) is 18.3 Å². The van der Waals surface area contributed by atoms with Gasteiger partial charge in [-0.3, -0.25) is 0 Å². The van der Waals surface area contributed by atoms with Gasteiger partial charge in [-0.05, 0) is 24.6 Å². The van der Waals surface area contributed by atoms with Gasteiger partial charge in [0, 0.05) is 4.90 Å². The van der Waals surface area contributed by atoms with Crippen LogP contribution in [0.2, 0.25) is 0 Å².